The van der Waals surface area contributed by atoms with Crippen LogP contribution in [0.2, 0.25) is 0 Å². The zero-order chi connectivity index (χ0) is 17.0. The molecule has 2 aromatic carbocycles. The first-order valence-corrected chi connectivity index (χ1v) is 6.81. The molecule has 0 fully saturated rings. The topological polar surface area (TPSA) is 101 Å². The Morgan fingerprint density at radius 1 is 1.04 bits per heavy atom. The second kappa shape index (κ2) is 6.69. The zero-order valence-corrected chi connectivity index (χ0v) is 12.6. The van der Waals surface area contributed by atoms with Crippen LogP contribution in [0.5, 0.6) is 0 Å². The first kappa shape index (κ1) is 16.2. The lowest BCUT2D eigenvalue weighted by molar-refractivity contribution is -0.384. The van der Waals surface area contributed by atoms with Crippen molar-refractivity contribution in [1.82, 2.24) is 5.32 Å². The van der Waals surface area contributed by atoms with Gasteiger partial charge in [-0.1, -0.05) is 6.07 Å². The maximum atomic E-state index is 12.2. The second-order valence-corrected chi connectivity index (χ2v) is 4.82. The van der Waals surface area contributed by atoms with Crippen LogP contribution in [0.3, 0.4) is 0 Å². The molecule has 0 atom stereocenters. The summed E-state index contributed by atoms with van der Waals surface area (Å²) < 4.78 is 0. The molecule has 118 valence electrons. The molecule has 0 aliphatic heterocycles. The molecular formula is C16H15N3O4. The van der Waals surface area contributed by atoms with Crippen LogP contribution in [0.25, 0.3) is 0 Å². The predicted octanol–water partition coefficient (Wildman–Crippen LogP) is 2.52. The van der Waals surface area contributed by atoms with E-state index in [1.165, 1.54) is 31.3 Å². The third-order valence-corrected chi connectivity index (χ3v) is 3.39. The Morgan fingerprint density at radius 2 is 1.70 bits per heavy atom. The molecule has 0 saturated carbocycles. The predicted molar refractivity (Wildman–Crippen MR) is 85.6 cm³/mol. The highest BCUT2D eigenvalue weighted by Gasteiger charge is 2.14. The van der Waals surface area contributed by atoms with E-state index in [-0.39, 0.29) is 11.6 Å². The minimum atomic E-state index is -0.529. The van der Waals surface area contributed by atoms with Gasteiger partial charge in [-0.3, -0.25) is 19.7 Å². The van der Waals surface area contributed by atoms with Crippen LogP contribution in [0, 0.1) is 17.0 Å². The van der Waals surface area contributed by atoms with Crippen LogP contribution >= 0.6 is 0 Å². The molecule has 2 amide bonds. The Hall–Kier alpha value is -3.22. The number of benzene rings is 2. The largest absolute Gasteiger partial charge is 0.355 e. The van der Waals surface area contributed by atoms with Crippen molar-refractivity contribution in [2.45, 2.75) is 6.92 Å². The number of nitrogens with one attached hydrogen (secondary N) is 2. The lowest BCUT2D eigenvalue weighted by Crippen LogP contribution is -2.20. The van der Waals surface area contributed by atoms with Crippen molar-refractivity contribution in [1.29, 1.82) is 0 Å². The molecule has 2 rings (SSSR count). The van der Waals surface area contributed by atoms with Gasteiger partial charge in [0, 0.05) is 36.0 Å². The smallest absolute Gasteiger partial charge is 0.269 e. The monoisotopic (exact) mass is 313 g/mol. The Labute approximate surface area is 132 Å². The molecule has 0 unspecified atom stereocenters. The standard InChI is InChI=1S/C16H15N3O4/c1-10-13(16(21)17-2)4-3-5-14(10)18-15(20)11-6-8-12(9-7-11)19(22)23/h3-9H,1-2H3,(H,17,21)(H,18,20). The summed E-state index contributed by atoms with van der Waals surface area (Å²) in [6, 6.07) is 10.3. The first-order valence-electron chi connectivity index (χ1n) is 6.81. The van der Waals surface area contributed by atoms with Gasteiger partial charge < -0.3 is 10.6 Å². The van der Waals surface area contributed by atoms with Crippen molar-refractivity contribution < 1.29 is 14.5 Å². The number of nitro benzene ring substituents is 1. The summed E-state index contributed by atoms with van der Waals surface area (Å²) in [4.78, 5) is 34.1. The van der Waals surface area contributed by atoms with Crippen LogP contribution in [0.15, 0.2) is 42.5 Å². The summed E-state index contributed by atoms with van der Waals surface area (Å²) in [6.45, 7) is 1.73. The Morgan fingerprint density at radius 3 is 2.26 bits per heavy atom. The molecule has 2 N–H and O–H groups in total. The van der Waals surface area contributed by atoms with Gasteiger partial charge >= 0.3 is 0 Å². The molecule has 0 aliphatic carbocycles. The zero-order valence-electron chi connectivity index (χ0n) is 12.6. The molecule has 0 radical (unpaired) electrons. The van der Waals surface area contributed by atoms with Crippen LogP contribution in [-0.4, -0.2) is 23.8 Å². The van der Waals surface area contributed by atoms with Gasteiger partial charge in [0.25, 0.3) is 17.5 Å². The second-order valence-electron chi connectivity index (χ2n) is 4.82. The SMILES string of the molecule is CNC(=O)c1cccc(NC(=O)c2ccc([N+](=O)[O-])cc2)c1C. The highest BCUT2D eigenvalue weighted by atomic mass is 16.6. The van der Waals surface area contributed by atoms with E-state index in [0.717, 1.165) is 0 Å². The highest BCUT2D eigenvalue weighted by Crippen LogP contribution is 2.20. The molecule has 0 heterocycles. The molecule has 0 spiro atoms. The fourth-order valence-electron chi connectivity index (χ4n) is 2.08. The van der Waals surface area contributed by atoms with Gasteiger partial charge in [0.05, 0.1) is 4.92 Å². The summed E-state index contributed by atoms with van der Waals surface area (Å²) in [6.07, 6.45) is 0. The third kappa shape index (κ3) is 3.52. The summed E-state index contributed by atoms with van der Waals surface area (Å²) in [5.74, 6) is -0.647. The van der Waals surface area contributed by atoms with Crippen LogP contribution < -0.4 is 10.6 Å². The van der Waals surface area contributed by atoms with Crippen molar-refractivity contribution in [3.63, 3.8) is 0 Å². The summed E-state index contributed by atoms with van der Waals surface area (Å²) in [7, 11) is 1.53. The first-order chi connectivity index (χ1) is 10.9. The van der Waals surface area contributed by atoms with Crippen molar-refractivity contribution in [3.8, 4) is 0 Å². The van der Waals surface area contributed by atoms with Gasteiger partial charge in [-0.25, -0.2) is 0 Å². The van der Waals surface area contributed by atoms with E-state index in [1.807, 2.05) is 0 Å². The number of non-ortho nitro benzene ring substituents is 1. The van der Waals surface area contributed by atoms with Crippen molar-refractivity contribution in [3.05, 3.63) is 69.3 Å². The summed E-state index contributed by atoms with van der Waals surface area (Å²) in [5.41, 5.74) is 1.82. The van der Waals surface area contributed by atoms with E-state index in [9.17, 15) is 19.7 Å². The quantitative estimate of drug-likeness (QED) is 0.669. The van der Waals surface area contributed by atoms with Gasteiger partial charge in [0.1, 0.15) is 0 Å². The number of hydrogen-bond donors (Lipinski definition) is 2. The van der Waals surface area contributed by atoms with E-state index in [1.54, 1.807) is 25.1 Å². The van der Waals surface area contributed by atoms with Gasteiger partial charge in [-0.2, -0.15) is 0 Å². The fraction of sp³-hybridized carbons (Fsp3) is 0.125. The van der Waals surface area contributed by atoms with E-state index >= 15 is 0 Å². The number of carbonyl (C=O) groups excluding carboxylic acids is 2. The van der Waals surface area contributed by atoms with Crippen LogP contribution in [0.4, 0.5) is 11.4 Å². The summed E-state index contributed by atoms with van der Waals surface area (Å²) in [5, 5.41) is 15.9. The van der Waals surface area contributed by atoms with Crippen molar-refractivity contribution in [2.24, 2.45) is 0 Å². The number of anilines is 1. The molecule has 0 aromatic heterocycles. The normalized spacial score (nSPS) is 10.0. The maximum Gasteiger partial charge on any atom is 0.269 e. The Balaban J connectivity index is 2.23. The van der Waals surface area contributed by atoms with Crippen molar-refractivity contribution in [2.75, 3.05) is 12.4 Å². The average Bonchev–Trinajstić information content (AvgIpc) is 2.56. The number of hydrogen-bond acceptors (Lipinski definition) is 4. The lowest BCUT2D eigenvalue weighted by Gasteiger charge is -2.11. The number of nitrogens with zero attached hydrogens (tertiary/aromatic N) is 1. The molecular weight excluding hydrogens is 298 g/mol. The van der Waals surface area contributed by atoms with E-state index < -0.39 is 10.8 Å². The molecule has 23 heavy (non-hydrogen) atoms. The Bertz CT molecular complexity index is 769. The molecule has 0 bridgehead atoms. The fourth-order valence-corrected chi connectivity index (χ4v) is 2.08. The summed E-state index contributed by atoms with van der Waals surface area (Å²) >= 11 is 0. The minimum absolute atomic E-state index is 0.0839. The van der Waals surface area contributed by atoms with Gasteiger partial charge in [0.15, 0.2) is 0 Å². The van der Waals surface area contributed by atoms with Crippen LogP contribution in [-0.2, 0) is 0 Å². The highest BCUT2D eigenvalue weighted by molar-refractivity contribution is 6.06. The number of nitro groups is 1. The van der Waals surface area contributed by atoms with E-state index in [0.29, 0.717) is 22.4 Å². The maximum absolute atomic E-state index is 12.2. The molecule has 7 nitrogen and oxygen atoms in total. The third-order valence-electron chi connectivity index (χ3n) is 3.39. The number of amides is 2. The van der Waals surface area contributed by atoms with Gasteiger partial charge in [0.2, 0.25) is 0 Å². The number of carbonyl (C=O) groups is 2. The lowest BCUT2D eigenvalue weighted by atomic mass is 10.1. The van der Waals surface area contributed by atoms with Crippen LogP contribution in [0.1, 0.15) is 26.3 Å². The number of rotatable bonds is 4. The van der Waals surface area contributed by atoms with Gasteiger partial charge in [-0.05, 0) is 36.8 Å². The van der Waals surface area contributed by atoms with Crippen molar-refractivity contribution >= 4 is 23.2 Å². The molecule has 2 aromatic rings. The molecule has 0 saturated heterocycles. The van der Waals surface area contributed by atoms with E-state index in [2.05, 4.69) is 10.6 Å². The Kier molecular flexibility index (Phi) is 4.70. The molecule has 7 heteroatoms. The van der Waals surface area contributed by atoms with Gasteiger partial charge in [-0.15, -0.1) is 0 Å². The van der Waals surface area contributed by atoms with E-state index in [4.69, 9.17) is 0 Å². The average molecular weight is 313 g/mol. The minimum Gasteiger partial charge on any atom is -0.355 e. The molecule has 0 aliphatic rings.